The van der Waals surface area contributed by atoms with Gasteiger partial charge in [0.25, 0.3) is 0 Å². The molecule has 7 heteroatoms. The number of hydrogen-bond donors (Lipinski definition) is 2. The van der Waals surface area contributed by atoms with Crippen LogP contribution in [0.25, 0.3) is 0 Å². The van der Waals surface area contributed by atoms with Crippen LogP contribution in [0.3, 0.4) is 0 Å². The summed E-state index contributed by atoms with van der Waals surface area (Å²) in [4.78, 5) is 4.74. The number of rotatable bonds is 10. The largest absolute Gasteiger partial charge is 0.382 e. The molecule has 148 valence electrons. The molecule has 0 unspecified atom stereocenters. The van der Waals surface area contributed by atoms with Gasteiger partial charge in [0.15, 0.2) is 11.8 Å². The molecule has 1 aromatic rings. The molecule has 2 N–H and O–H groups in total. The van der Waals surface area contributed by atoms with Gasteiger partial charge in [-0.1, -0.05) is 19.8 Å². The number of hydrogen-bond acceptors (Lipinski definition) is 4. The molecule has 26 heavy (non-hydrogen) atoms. The van der Waals surface area contributed by atoms with Gasteiger partial charge in [0.2, 0.25) is 0 Å². The minimum atomic E-state index is 0.426. The van der Waals surface area contributed by atoms with Crippen molar-refractivity contribution >= 4 is 5.96 Å². The van der Waals surface area contributed by atoms with Gasteiger partial charge in [0.05, 0.1) is 0 Å². The van der Waals surface area contributed by atoms with E-state index in [0.717, 1.165) is 50.3 Å². The first-order valence-electron chi connectivity index (χ1n) is 10.0. The first-order chi connectivity index (χ1) is 12.6. The second-order valence-electron chi connectivity index (χ2n) is 7.28. The Morgan fingerprint density at radius 3 is 2.62 bits per heavy atom. The fraction of sp³-hybridized carbons (Fsp3) is 0.842. The molecule has 0 atom stereocenters. The van der Waals surface area contributed by atoms with E-state index >= 15 is 0 Å². The zero-order valence-electron chi connectivity index (χ0n) is 17.0. The molecule has 1 saturated carbocycles. The highest BCUT2D eigenvalue weighted by molar-refractivity contribution is 5.79. The van der Waals surface area contributed by atoms with Crippen LogP contribution in [0, 0.1) is 12.3 Å². The first-order valence-corrected chi connectivity index (χ1v) is 10.0. The Kier molecular flexibility index (Phi) is 8.35. The van der Waals surface area contributed by atoms with Gasteiger partial charge in [-0.2, -0.15) is 0 Å². The maximum atomic E-state index is 5.42. The highest BCUT2D eigenvalue weighted by Gasteiger charge is 2.31. The van der Waals surface area contributed by atoms with Crippen LogP contribution in [0.4, 0.5) is 0 Å². The van der Waals surface area contributed by atoms with Crippen LogP contribution in [-0.2, 0) is 18.3 Å². The molecule has 1 aliphatic rings. The Labute approximate surface area is 158 Å². The van der Waals surface area contributed by atoms with Crippen molar-refractivity contribution in [2.75, 3.05) is 26.3 Å². The lowest BCUT2D eigenvalue weighted by Crippen LogP contribution is -2.43. The van der Waals surface area contributed by atoms with Crippen LogP contribution in [-0.4, -0.2) is 47.0 Å². The third-order valence-corrected chi connectivity index (χ3v) is 5.57. The summed E-state index contributed by atoms with van der Waals surface area (Å²) in [6, 6.07) is 0. The topological polar surface area (TPSA) is 76.4 Å². The molecule has 0 radical (unpaired) electrons. The predicted octanol–water partition coefficient (Wildman–Crippen LogP) is 2.56. The van der Waals surface area contributed by atoms with Crippen LogP contribution in [0.1, 0.15) is 64.0 Å². The zero-order valence-corrected chi connectivity index (χ0v) is 17.0. The lowest BCUT2D eigenvalue weighted by atomic mass is 9.83. The molecular weight excluding hydrogens is 328 g/mol. The maximum absolute atomic E-state index is 5.42. The molecule has 2 rings (SSSR count). The van der Waals surface area contributed by atoms with Crippen molar-refractivity contribution in [1.82, 2.24) is 25.4 Å². The normalized spacial score (nSPS) is 16.8. The molecule has 1 fully saturated rings. The quantitative estimate of drug-likeness (QED) is 0.379. The minimum absolute atomic E-state index is 0.426. The van der Waals surface area contributed by atoms with Crippen LogP contribution in [0.2, 0.25) is 0 Å². The summed E-state index contributed by atoms with van der Waals surface area (Å²) in [5, 5.41) is 15.3. The van der Waals surface area contributed by atoms with Crippen molar-refractivity contribution in [2.45, 2.75) is 65.8 Å². The van der Waals surface area contributed by atoms with E-state index < -0.39 is 0 Å². The summed E-state index contributed by atoms with van der Waals surface area (Å²) in [6.07, 6.45) is 7.52. The first kappa shape index (κ1) is 20.7. The van der Waals surface area contributed by atoms with Gasteiger partial charge in [-0.3, -0.25) is 0 Å². The summed E-state index contributed by atoms with van der Waals surface area (Å²) in [5.74, 6) is 2.65. The third kappa shape index (κ3) is 5.97. The van der Waals surface area contributed by atoms with Crippen molar-refractivity contribution in [3.05, 3.63) is 11.6 Å². The van der Waals surface area contributed by atoms with Crippen LogP contribution < -0.4 is 10.6 Å². The molecule has 0 bridgehead atoms. The highest BCUT2D eigenvalue weighted by atomic mass is 16.5. The standard InChI is InChI=1S/C19H36N6O/c1-5-19(10-7-8-11-19)15-22-18(20-12-9-13-26-6-2)21-14-17-24-23-16(3)25(17)4/h5-15H2,1-4H3,(H2,20,21,22). The van der Waals surface area contributed by atoms with Crippen molar-refractivity contribution in [2.24, 2.45) is 17.5 Å². The van der Waals surface area contributed by atoms with Crippen LogP contribution in [0.15, 0.2) is 4.99 Å². The van der Waals surface area contributed by atoms with Gasteiger partial charge in [-0.05, 0) is 44.9 Å². The number of aliphatic imine (C=N–C) groups is 1. The SMILES string of the molecule is CCOCCCNC(=NCc1nnc(C)n1C)NCC1(CC)CCCC1. The van der Waals surface area contributed by atoms with Gasteiger partial charge < -0.3 is 19.9 Å². The average Bonchev–Trinajstić information content (AvgIpc) is 3.25. The monoisotopic (exact) mass is 364 g/mol. The summed E-state index contributed by atoms with van der Waals surface area (Å²) in [5.41, 5.74) is 0.426. The fourth-order valence-corrected chi connectivity index (χ4v) is 3.49. The average molecular weight is 365 g/mol. The van der Waals surface area contributed by atoms with E-state index in [1.807, 2.05) is 25.5 Å². The number of nitrogens with one attached hydrogen (secondary N) is 2. The highest BCUT2D eigenvalue weighted by Crippen LogP contribution is 2.40. The molecule has 0 spiro atoms. The molecule has 1 aliphatic carbocycles. The number of guanidine groups is 1. The van der Waals surface area contributed by atoms with E-state index in [1.54, 1.807) is 0 Å². The molecule has 1 aromatic heterocycles. The number of aromatic nitrogens is 3. The summed E-state index contributed by atoms with van der Waals surface area (Å²) >= 11 is 0. The predicted molar refractivity (Wildman–Crippen MR) is 105 cm³/mol. The fourth-order valence-electron chi connectivity index (χ4n) is 3.49. The number of ether oxygens (including phenoxy) is 1. The van der Waals surface area contributed by atoms with Gasteiger partial charge in [-0.25, -0.2) is 4.99 Å². The second-order valence-corrected chi connectivity index (χ2v) is 7.28. The third-order valence-electron chi connectivity index (χ3n) is 5.57. The Balaban J connectivity index is 1.93. The Hall–Kier alpha value is -1.63. The van der Waals surface area contributed by atoms with E-state index in [9.17, 15) is 0 Å². The molecule has 1 heterocycles. The summed E-state index contributed by atoms with van der Waals surface area (Å²) in [6.45, 7) is 10.2. The van der Waals surface area contributed by atoms with Crippen molar-refractivity contribution < 1.29 is 4.74 Å². The number of nitrogens with zero attached hydrogens (tertiary/aromatic N) is 4. The molecule has 0 saturated heterocycles. The van der Waals surface area contributed by atoms with Crippen LogP contribution in [0.5, 0.6) is 0 Å². The Morgan fingerprint density at radius 2 is 2.00 bits per heavy atom. The lowest BCUT2D eigenvalue weighted by molar-refractivity contribution is 0.145. The maximum Gasteiger partial charge on any atom is 0.191 e. The van der Waals surface area contributed by atoms with Crippen LogP contribution >= 0.6 is 0 Å². The summed E-state index contributed by atoms with van der Waals surface area (Å²) in [7, 11) is 1.98. The number of aryl methyl sites for hydroxylation is 1. The van der Waals surface area contributed by atoms with Gasteiger partial charge in [0, 0.05) is 33.4 Å². The lowest BCUT2D eigenvalue weighted by Gasteiger charge is -2.28. The van der Waals surface area contributed by atoms with Crippen molar-refractivity contribution in [3.63, 3.8) is 0 Å². The van der Waals surface area contributed by atoms with Crippen molar-refractivity contribution in [1.29, 1.82) is 0 Å². The molecule has 0 amide bonds. The van der Waals surface area contributed by atoms with Gasteiger partial charge >= 0.3 is 0 Å². The van der Waals surface area contributed by atoms with Gasteiger partial charge in [0.1, 0.15) is 12.4 Å². The van der Waals surface area contributed by atoms with E-state index in [2.05, 4.69) is 27.8 Å². The zero-order chi connectivity index (χ0) is 18.8. The molecule has 0 aliphatic heterocycles. The Bertz CT molecular complexity index is 562. The van der Waals surface area contributed by atoms with Crippen molar-refractivity contribution in [3.8, 4) is 0 Å². The van der Waals surface area contributed by atoms with Gasteiger partial charge in [-0.15, -0.1) is 10.2 Å². The molecular formula is C19H36N6O. The van der Waals surface area contributed by atoms with E-state index in [0.29, 0.717) is 12.0 Å². The molecule has 7 nitrogen and oxygen atoms in total. The summed E-state index contributed by atoms with van der Waals surface area (Å²) < 4.78 is 7.40. The van der Waals surface area contributed by atoms with E-state index in [1.165, 1.54) is 32.1 Å². The minimum Gasteiger partial charge on any atom is -0.382 e. The Morgan fingerprint density at radius 1 is 1.23 bits per heavy atom. The van der Waals surface area contributed by atoms with E-state index in [-0.39, 0.29) is 0 Å². The second kappa shape index (κ2) is 10.5. The smallest absolute Gasteiger partial charge is 0.191 e. The molecule has 0 aromatic carbocycles. The van der Waals surface area contributed by atoms with E-state index in [4.69, 9.17) is 9.73 Å².